The Morgan fingerprint density at radius 2 is 1.84 bits per heavy atom. The molecule has 25 heavy (non-hydrogen) atoms. The molecule has 1 aliphatic rings. The average Bonchev–Trinajstić information content (AvgIpc) is 2.63. The number of piperazine rings is 1. The van der Waals surface area contributed by atoms with Crippen molar-refractivity contribution >= 4 is 23.3 Å². The summed E-state index contributed by atoms with van der Waals surface area (Å²) in [6.07, 6.45) is 0. The van der Waals surface area contributed by atoms with Crippen molar-refractivity contribution in [2.45, 2.75) is 6.54 Å². The predicted octanol–water partition coefficient (Wildman–Crippen LogP) is 3.70. The number of carbonyl (C=O) groups excluding carboxylic acids is 1. The number of nitrogens with zero attached hydrogens (tertiary/aromatic N) is 2. The van der Waals surface area contributed by atoms with Crippen LogP contribution in [0.25, 0.3) is 0 Å². The molecule has 3 rings (SSSR count). The van der Waals surface area contributed by atoms with Crippen LogP contribution in [0.15, 0.2) is 48.5 Å². The van der Waals surface area contributed by atoms with E-state index in [4.69, 9.17) is 16.3 Å². The fourth-order valence-electron chi connectivity index (χ4n) is 2.90. The van der Waals surface area contributed by atoms with Crippen LogP contribution in [0.3, 0.4) is 0 Å². The molecule has 0 saturated carbocycles. The zero-order valence-corrected chi connectivity index (χ0v) is 15.0. The van der Waals surface area contributed by atoms with Gasteiger partial charge in [-0.05, 0) is 23.8 Å². The van der Waals surface area contributed by atoms with Gasteiger partial charge < -0.3 is 15.0 Å². The normalized spacial score (nSPS) is 15.0. The van der Waals surface area contributed by atoms with E-state index in [1.807, 2.05) is 11.0 Å². The van der Waals surface area contributed by atoms with Gasteiger partial charge >= 0.3 is 6.03 Å². The van der Waals surface area contributed by atoms with Gasteiger partial charge in [-0.15, -0.1) is 0 Å². The summed E-state index contributed by atoms with van der Waals surface area (Å²) in [5.41, 5.74) is 1.97. The lowest BCUT2D eigenvalue weighted by molar-refractivity contribution is 0.143. The molecule has 2 aromatic carbocycles. The molecule has 1 saturated heterocycles. The van der Waals surface area contributed by atoms with Crippen molar-refractivity contribution in [1.82, 2.24) is 9.80 Å². The first-order chi connectivity index (χ1) is 12.2. The van der Waals surface area contributed by atoms with Gasteiger partial charge in [-0.3, -0.25) is 4.90 Å². The van der Waals surface area contributed by atoms with Gasteiger partial charge in [0.2, 0.25) is 0 Å². The molecule has 0 atom stereocenters. The molecule has 1 fully saturated rings. The van der Waals surface area contributed by atoms with Gasteiger partial charge in [0.1, 0.15) is 5.75 Å². The minimum Gasteiger partial charge on any atom is -0.495 e. The SMILES string of the molecule is COc1ccc(NC(=O)N2CCN(Cc3ccccc3)CC2)cc1Cl. The molecule has 1 N–H and O–H groups in total. The topological polar surface area (TPSA) is 44.8 Å². The minimum absolute atomic E-state index is 0.0967. The van der Waals surface area contributed by atoms with Crippen molar-refractivity contribution in [3.63, 3.8) is 0 Å². The summed E-state index contributed by atoms with van der Waals surface area (Å²) in [4.78, 5) is 16.6. The van der Waals surface area contributed by atoms with Crippen LogP contribution in [0.5, 0.6) is 5.75 Å². The molecule has 0 unspecified atom stereocenters. The maximum atomic E-state index is 12.4. The molecule has 0 radical (unpaired) electrons. The van der Waals surface area contributed by atoms with Crippen LogP contribution >= 0.6 is 11.6 Å². The van der Waals surface area contributed by atoms with E-state index in [9.17, 15) is 4.79 Å². The number of nitrogens with one attached hydrogen (secondary N) is 1. The Morgan fingerprint density at radius 1 is 1.12 bits per heavy atom. The number of ether oxygens (including phenoxy) is 1. The molecule has 6 heteroatoms. The Balaban J connectivity index is 1.50. The highest BCUT2D eigenvalue weighted by Crippen LogP contribution is 2.27. The van der Waals surface area contributed by atoms with Crippen molar-refractivity contribution < 1.29 is 9.53 Å². The molecule has 0 spiro atoms. The lowest BCUT2D eigenvalue weighted by Crippen LogP contribution is -2.49. The van der Waals surface area contributed by atoms with Crippen LogP contribution in [0.4, 0.5) is 10.5 Å². The molecular weight excluding hydrogens is 338 g/mol. The summed E-state index contributed by atoms with van der Waals surface area (Å²) in [7, 11) is 1.56. The predicted molar refractivity (Wildman–Crippen MR) is 100 cm³/mol. The molecule has 2 aromatic rings. The largest absolute Gasteiger partial charge is 0.495 e. The van der Waals surface area contributed by atoms with E-state index in [1.165, 1.54) is 5.56 Å². The fourth-order valence-corrected chi connectivity index (χ4v) is 3.16. The maximum Gasteiger partial charge on any atom is 0.321 e. The molecular formula is C19H22ClN3O2. The second-order valence-electron chi connectivity index (χ2n) is 6.03. The van der Waals surface area contributed by atoms with E-state index >= 15 is 0 Å². The van der Waals surface area contributed by atoms with Crippen LogP contribution in [0.2, 0.25) is 5.02 Å². The van der Waals surface area contributed by atoms with E-state index in [2.05, 4.69) is 34.5 Å². The highest BCUT2D eigenvalue weighted by atomic mass is 35.5. The monoisotopic (exact) mass is 359 g/mol. The highest BCUT2D eigenvalue weighted by molar-refractivity contribution is 6.32. The van der Waals surface area contributed by atoms with Gasteiger partial charge in [0.05, 0.1) is 12.1 Å². The van der Waals surface area contributed by atoms with E-state index in [0.717, 1.165) is 19.6 Å². The third-order valence-electron chi connectivity index (χ3n) is 4.31. The van der Waals surface area contributed by atoms with Crippen molar-refractivity contribution in [1.29, 1.82) is 0 Å². The summed E-state index contributed by atoms with van der Waals surface area (Å²) in [6.45, 7) is 4.08. The van der Waals surface area contributed by atoms with E-state index in [1.54, 1.807) is 25.3 Å². The minimum atomic E-state index is -0.0967. The Kier molecular flexibility index (Phi) is 5.79. The summed E-state index contributed by atoms with van der Waals surface area (Å²) >= 11 is 6.10. The first-order valence-corrected chi connectivity index (χ1v) is 8.69. The second kappa shape index (κ2) is 8.23. The van der Waals surface area contributed by atoms with E-state index in [0.29, 0.717) is 29.5 Å². The van der Waals surface area contributed by atoms with Gasteiger partial charge in [-0.1, -0.05) is 41.9 Å². The Morgan fingerprint density at radius 3 is 2.48 bits per heavy atom. The first-order valence-electron chi connectivity index (χ1n) is 8.31. The fraction of sp³-hybridized carbons (Fsp3) is 0.316. The quantitative estimate of drug-likeness (QED) is 0.905. The Labute approximate surface area is 153 Å². The Bertz CT molecular complexity index is 716. The smallest absolute Gasteiger partial charge is 0.321 e. The van der Waals surface area contributed by atoms with E-state index in [-0.39, 0.29) is 6.03 Å². The van der Waals surface area contributed by atoms with Crippen molar-refractivity contribution in [3.8, 4) is 5.75 Å². The first kappa shape index (κ1) is 17.6. The zero-order chi connectivity index (χ0) is 17.6. The summed E-state index contributed by atoms with van der Waals surface area (Å²) < 4.78 is 5.12. The van der Waals surface area contributed by atoms with Crippen molar-refractivity contribution in [2.75, 3.05) is 38.6 Å². The molecule has 2 amide bonds. The second-order valence-corrected chi connectivity index (χ2v) is 6.44. The van der Waals surface area contributed by atoms with E-state index < -0.39 is 0 Å². The van der Waals surface area contributed by atoms with Crippen LogP contribution < -0.4 is 10.1 Å². The van der Waals surface area contributed by atoms with Crippen LogP contribution in [-0.4, -0.2) is 49.1 Å². The van der Waals surface area contributed by atoms with Gasteiger partial charge in [0, 0.05) is 38.4 Å². The van der Waals surface area contributed by atoms with Crippen molar-refractivity contribution in [3.05, 3.63) is 59.1 Å². The van der Waals surface area contributed by atoms with Crippen LogP contribution in [0.1, 0.15) is 5.56 Å². The third-order valence-corrected chi connectivity index (χ3v) is 4.61. The summed E-state index contributed by atoms with van der Waals surface area (Å²) in [6, 6.07) is 15.5. The number of benzene rings is 2. The van der Waals surface area contributed by atoms with Gasteiger partial charge in [-0.2, -0.15) is 0 Å². The molecule has 0 aliphatic carbocycles. The van der Waals surface area contributed by atoms with Gasteiger partial charge in [0.15, 0.2) is 0 Å². The molecule has 5 nitrogen and oxygen atoms in total. The lowest BCUT2D eigenvalue weighted by atomic mass is 10.2. The number of hydrogen-bond acceptors (Lipinski definition) is 3. The highest BCUT2D eigenvalue weighted by Gasteiger charge is 2.21. The van der Waals surface area contributed by atoms with Crippen LogP contribution in [0, 0.1) is 0 Å². The number of anilines is 1. The number of methoxy groups -OCH3 is 1. The van der Waals surface area contributed by atoms with Crippen molar-refractivity contribution in [2.24, 2.45) is 0 Å². The molecule has 1 aliphatic heterocycles. The summed E-state index contributed by atoms with van der Waals surface area (Å²) in [5.74, 6) is 0.592. The zero-order valence-electron chi connectivity index (χ0n) is 14.2. The number of urea groups is 1. The standard InChI is InChI=1S/C19H22ClN3O2/c1-25-18-8-7-16(13-17(18)20)21-19(24)23-11-9-22(10-12-23)14-15-5-3-2-4-6-15/h2-8,13H,9-12,14H2,1H3,(H,21,24). The maximum absolute atomic E-state index is 12.4. The summed E-state index contributed by atoms with van der Waals surface area (Å²) in [5, 5.41) is 3.38. The molecule has 1 heterocycles. The number of amides is 2. The number of rotatable bonds is 4. The molecule has 0 aromatic heterocycles. The number of halogens is 1. The number of hydrogen-bond donors (Lipinski definition) is 1. The van der Waals surface area contributed by atoms with Gasteiger partial charge in [-0.25, -0.2) is 4.79 Å². The number of carbonyl (C=O) groups is 1. The Hall–Kier alpha value is -2.24. The average molecular weight is 360 g/mol. The van der Waals surface area contributed by atoms with Crippen LogP contribution in [-0.2, 0) is 6.54 Å². The molecule has 0 bridgehead atoms. The lowest BCUT2D eigenvalue weighted by Gasteiger charge is -2.34. The third kappa shape index (κ3) is 4.65. The van der Waals surface area contributed by atoms with Gasteiger partial charge in [0.25, 0.3) is 0 Å². The molecule has 132 valence electrons.